The van der Waals surface area contributed by atoms with Gasteiger partial charge in [-0.2, -0.15) is 0 Å². The van der Waals surface area contributed by atoms with Crippen LogP contribution < -0.4 is 5.32 Å². The van der Waals surface area contributed by atoms with Crippen LogP contribution in [-0.4, -0.2) is 6.04 Å². The molecular weight excluding hydrogens is 273 g/mol. The number of halogens is 2. The second kappa shape index (κ2) is 5.08. The van der Waals surface area contributed by atoms with E-state index < -0.39 is 0 Å². The molecule has 1 aromatic heterocycles. The van der Waals surface area contributed by atoms with E-state index in [1.165, 1.54) is 30.6 Å². The van der Waals surface area contributed by atoms with Gasteiger partial charge in [-0.25, -0.2) is 0 Å². The lowest BCUT2D eigenvalue weighted by atomic mass is 9.92. The summed E-state index contributed by atoms with van der Waals surface area (Å²) in [5.41, 5.74) is 1.61. The van der Waals surface area contributed by atoms with Crippen LogP contribution in [0.3, 0.4) is 0 Å². The lowest BCUT2D eigenvalue weighted by Crippen LogP contribution is -2.30. The lowest BCUT2D eigenvalue weighted by molar-refractivity contribution is 0.356. The van der Waals surface area contributed by atoms with Gasteiger partial charge >= 0.3 is 0 Å². The second-order valence-corrected chi connectivity index (χ2v) is 8.06. The van der Waals surface area contributed by atoms with E-state index in [0.29, 0.717) is 11.5 Å². The first-order chi connectivity index (χ1) is 7.87. The zero-order valence-electron chi connectivity index (χ0n) is 10.5. The smallest absolute Gasteiger partial charge is 0.0991 e. The molecule has 1 saturated carbocycles. The number of hydrogen-bond acceptors (Lipinski definition) is 2. The third-order valence-corrected chi connectivity index (χ3v) is 5.12. The normalized spacial score (nSPS) is 25.1. The Balaban J connectivity index is 1.98. The van der Waals surface area contributed by atoms with Crippen LogP contribution in [0.25, 0.3) is 0 Å². The summed E-state index contributed by atoms with van der Waals surface area (Å²) < 4.78 is 1.58. The van der Waals surface area contributed by atoms with Crippen molar-refractivity contribution in [2.24, 2.45) is 5.41 Å². The third-order valence-electron chi connectivity index (χ3n) is 3.60. The third kappa shape index (κ3) is 3.37. The predicted octanol–water partition coefficient (Wildman–Crippen LogP) is 5.28. The molecule has 0 saturated heterocycles. The lowest BCUT2D eigenvalue weighted by Gasteiger charge is -2.21. The van der Waals surface area contributed by atoms with E-state index in [2.05, 4.69) is 26.1 Å². The van der Waals surface area contributed by atoms with Crippen LogP contribution in [0.2, 0.25) is 8.67 Å². The van der Waals surface area contributed by atoms with E-state index in [1.54, 1.807) is 0 Å². The molecule has 2 unspecified atom stereocenters. The minimum Gasteiger partial charge on any atom is -0.307 e. The molecule has 1 fully saturated rings. The van der Waals surface area contributed by atoms with Gasteiger partial charge < -0.3 is 5.32 Å². The van der Waals surface area contributed by atoms with E-state index in [9.17, 15) is 0 Å². The fraction of sp³-hybridized carbons (Fsp3) is 0.692. The van der Waals surface area contributed by atoms with E-state index in [-0.39, 0.29) is 6.04 Å². The van der Waals surface area contributed by atoms with Crippen LogP contribution in [0.1, 0.15) is 51.6 Å². The molecular formula is C13H19Cl2NS. The van der Waals surface area contributed by atoms with Gasteiger partial charge in [-0.3, -0.25) is 0 Å². The highest BCUT2D eigenvalue weighted by Crippen LogP contribution is 2.39. The Morgan fingerprint density at radius 1 is 1.47 bits per heavy atom. The standard InChI is InChI=1S/C13H19Cl2NS/c1-8(10-6-11(14)17-12(10)15)16-9-4-5-13(2,3)7-9/h6,8-9,16H,4-5,7H2,1-3H3. The summed E-state index contributed by atoms with van der Waals surface area (Å²) in [5, 5.41) is 3.67. The topological polar surface area (TPSA) is 12.0 Å². The summed E-state index contributed by atoms with van der Waals surface area (Å²) in [6, 6.07) is 2.87. The van der Waals surface area contributed by atoms with Gasteiger partial charge in [-0.1, -0.05) is 37.0 Å². The molecule has 1 N–H and O–H groups in total. The molecule has 1 nitrogen and oxygen atoms in total. The van der Waals surface area contributed by atoms with Gasteiger partial charge in [0.25, 0.3) is 0 Å². The van der Waals surface area contributed by atoms with Gasteiger partial charge in [0.05, 0.1) is 8.67 Å². The van der Waals surface area contributed by atoms with E-state index in [1.807, 2.05) is 6.07 Å². The van der Waals surface area contributed by atoms with Crippen LogP contribution >= 0.6 is 34.5 Å². The molecule has 1 aliphatic rings. The number of rotatable bonds is 3. The summed E-state index contributed by atoms with van der Waals surface area (Å²) in [6.07, 6.45) is 3.80. The van der Waals surface area contributed by atoms with Crippen molar-refractivity contribution in [3.8, 4) is 0 Å². The van der Waals surface area contributed by atoms with Crippen molar-refractivity contribution in [1.82, 2.24) is 5.32 Å². The Bertz CT molecular complexity index is 400. The van der Waals surface area contributed by atoms with Crippen molar-refractivity contribution in [3.05, 3.63) is 20.3 Å². The van der Waals surface area contributed by atoms with Gasteiger partial charge in [-0.05, 0) is 43.2 Å². The van der Waals surface area contributed by atoms with Gasteiger partial charge in [0, 0.05) is 12.1 Å². The molecule has 0 aliphatic heterocycles. The van der Waals surface area contributed by atoms with Crippen LogP contribution in [0.5, 0.6) is 0 Å². The summed E-state index contributed by atoms with van der Waals surface area (Å²) in [6.45, 7) is 6.84. The Kier molecular flexibility index (Phi) is 4.09. The van der Waals surface area contributed by atoms with Gasteiger partial charge in [-0.15, -0.1) is 11.3 Å². The van der Waals surface area contributed by atoms with Gasteiger partial charge in [0.15, 0.2) is 0 Å². The van der Waals surface area contributed by atoms with Crippen LogP contribution in [0.15, 0.2) is 6.07 Å². The fourth-order valence-electron chi connectivity index (χ4n) is 2.67. The maximum absolute atomic E-state index is 6.18. The Morgan fingerprint density at radius 3 is 2.65 bits per heavy atom. The van der Waals surface area contributed by atoms with Crippen molar-refractivity contribution in [2.75, 3.05) is 0 Å². The second-order valence-electron chi connectivity index (χ2n) is 5.77. The summed E-state index contributed by atoms with van der Waals surface area (Å²) in [5.74, 6) is 0. The number of nitrogens with one attached hydrogen (secondary N) is 1. The largest absolute Gasteiger partial charge is 0.307 e. The molecule has 0 amide bonds. The van der Waals surface area contributed by atoms with Crippen molar-refractivity contribution in [2.45, 2.75) is 52.1 Å². The maximum Gasteiger partial charge on any atom is 0.0991 e. The first kappa shape index (κ1) is 13.7. The van der Waals surface area contributed by atoms with Crippen LogP contribution in [0.4, 0.5) is 0 Å². The summed E-state index contributed by atoms with van der Waals surface area (Å²) >= 11 is 13.6. The van der Waals surface area contributed by atoms with E-state index >= 15 is 0 Å². The molecule has 17 heavy (non-hydrogen) atoms. The molecule has 96 valence electrons. The molecule has 2 rings (SSSR count). The number of hydrogen-bond donors (Lipinski definition) is 1. The SMILES string of the molecule is CC(NC1CCC(C)(C)C1)c1cc(Cl)sc1Cl. The van der Waals surface area contributed by atoms with Crippen LogP contribution in [0, 0.1) is 5.41 Å². The van der Waals surface area contributed by atoms with E-state index in [4.69, 9.17) is 23.2 Å². The minimum atomic E-state index is 0.283. The van der Waals surface area contributed by atoms with Crippen molar-refractivity contribution >= 4 is 34.5 Å². The Morgan fingerprint density at radius 2 is 2.18 bits per heavy atom. The molecule has 1 aliphatic carbocycles. The molecule has 1 aromatic rings. The minimum absolute atomic E-state index is 0.283. The fourth-order valence-corrected chi connectivity index (χ4v) is 4.32. The Hall–Kier alpha value is 0.240. The summed E-state index contributed by atoms with van der Waals surface area (Å²) in [7, 11) is 0. The average Bonchev–Trinajstić information content (AvgIpc) is 2.69. The number of thiophene rings is 1. The zero-order chi connectivity index (χ0) is 12.6. The molecule has 0 bridgehead atoms. The highest BCUT2D eigenvalue weighted by molar-refractivity contribution is 7.20. The monoisotopic (exact) mass is 291 g/mol. The van der Waals surface area contributed by atoms with Crippen molar-refractivity contribution < 1.29 is 0 Å². The predicted molar refractivity (Wildman–Crippen MR) is 77.3 cm³/mol. The molecule has 0 aromatic carbocycles. The zero-order valence-corrected chi connectivity index (χ0v) is 12.8. The highest BCUT2D eigenvalue weighted by atomic mass is 35.5. The highest BCUT2D eigenvalue weighted by Gasteiger charge is 2.31. The average molecular weight is 292 g/mol. The first-order valence-corrected chi connectivity index (χ1v) is 7.65. The molecule has 0 radical (unpaired) electrons. The van der Waals surface area contributed by atoms with E-state index in [0.717, 1.165) is 14.2 Å². The molecule has 2 atom stereocenters. The van der Waals surface area contributed by atoms with Crippen molar-refractivity contribution in [3.63, 3.8) is 0 Å². The summed E-state index contributed by atoms with van der Waals surface area (Å²) in [4.78, 5) is 0. The molecule has 4 heteroatoms. The Labute approximate surface area is 118 Å². The molecule has 1 heterocycles. The van der Waals surface area contributed by atoms with Crippen LogP contribution in [-0.2, 0) is 0 Å². The van der Waals surface area contributed by atoms with Crippen molar-refractivity contribution in [1.29, 1.82) is 0 Å². The quantitative estimate of drug-likeness (QED) is 0.798. The van der Waals surface area contributed by atoms with Gasteiger partial charge in [0.1, 0.15) is 0 Å². The van der Waals surface area contributed by atoms with Gasteiger partial charge in [0.2, 0.25) is 0 Å². The maximum atomic E-state index is 6.18. The molecule has 0 spiro atoms. The first-order valence-electron chi connectivity index (χ1n) is 6.08.